The van der Waals surface area contributed by atoms with Crippen molar-refractivity contribution in [3.05, 3.63) is 11.1 Å². The molecule has 0 aromatic carbocycles. The average Bonchev–Trinajstić information content (AvgIpc) is 3.24. The van der Waals surface area contributed by atoms with E-state index in [1.54, 1.807) is 6.92 Å². The first-order chi connectivity index (χ1) is 15.9. The zero-order valence-electron chi connectivity index (χ0n) is 22.9. The minimum atomic E-state index is -0.689. The van der Waals surface area contributed by atoms with E-state index in [-0.39, 0.29) is 28.6 Å². The molecule has 4 saturated carbocycles. The Labute approximate surface area is 208 Å². The molecule has 0 aromatic heterocycles. The molecule has 0 aromatic rings. The van der Waals surface area contributed by atoms with Crippen molar-refractivity contribution in [3.63, 3.8) is 0 Å². The van der Waals surface area contributed by atoms with Crippen molar-refractivity contribution in [2.75, 3.05) is 0 Å². The SMILES string of the molecule is CC1=C(C(C)O)C(O)C2(C)C(C)C3C(=O)C4C(C)CCC(C5CCCC5)C4CC3(C)CC2(C)C1. The van der Waals surface area contributed by atoms with Crippen LogP contribution in [0, 0.1) is 57.7 Å². The molecule has 0 radical (unpaired) electrons. The van der Waals surface area contributed by atoms with Crippen molar-refractivity contribution in [1.82, 2.24) is 0 Å². The van der Waals surface area contributed by atoms with Crippen LogP contribution in [-0.4, -0.2) is 28.2 Å². The van der Waals surface area contributed by atoms with Crippen LogP contribution in [0.5, 0.6) is 0 Å². The monoisotopic (exact) mass is 470 g/mol. The largest absolute Gasteiger partial charge is 0.389 e. The summed E-state index contributed by atoms with van der Waals surface area (Å²) in [6.07, 6.45) is 9.82. The average molecular weight is 471 g/mol. The lowest BCUT2D eigenvalue weighted by Crippen LogP contribution is -2.67. The number of aliphatic hydroxyl groups is 2. The Bertz CT molecular complexity index is 868. The van der Waals surface area contributed by atoms with Crippen molar-refractivity contribution in [2.45, 2.75) is 118 Å². The van der Waals surface area contributed by atoms with Gasteiger partial charge in [0.2, 0.25) is 0 Å². The molecule has 2 N–H and O–H groups in total. The van der Waals surface area contributed by atoms with Crippen molar-refractivity contribution in [3.8, 4) is 0 Å². The molecule has 5 rings (SSSR count). The molecule has 0 spiro atoms. The van der Waals surface area contributed by atoms with Crippen LogP contribution < -0.4 is 0 Å². The third kappa shape index (κ3) is 3.24. The maximum absolute atomic E-state index is 14.5. The van der Waals surface area contributed by atoms with Crippen LogP contribution in [-0.2, 0) is 4.79 Å². The lowest BCUT2D eigenvalue weighted by molar-refractivity contribution is -0.209. The number of carbonyl (C=O) groups excluding carboxylic acids is 1. The topological polar surface area (TPSA) is 57.5 Å². The summed E-state index contributed by atoms with van der Waals surface area (Å²) in [4.78, 5) is 14.5. The number of hydrogen-bond donors (Lipinski definition) is 2. The maximum atomic E-state index is 14.5. The number of ketones is 1. The second kappa shape index (κ2) is 8.17. The molecule has 11 atom stereocenters. The molecule has 0 bridgehead atoms. The van der Waals surface area contributed by atoms with Crippen LogP contribution in [0.25, 0.3) is 0 Å². The van der Waals surface area contributed by atoms with Crippen molar-refractivity contribution < 1.29 is 15.0 Å². The first-order valence-corrected chi connectivity index (χ1v) is 14.4. The van der Waals surface area contributed by atoms with Gasteiger partial charge in [-0.1, -0.05) is 65.9 Å². The van der Waals surface area contributed by atoms with Crippen LogP contribution in [0.3, 0.4) is 0 Å². The maximum Gasteiger partial charge on any atom is 0.140 e. The van der Waals surface area contributed by atoms with Crippen LogP contribution in [0.15, 0.2) is 11.1 Å². The summed E-state index contributed by atoms with van der Waals surface area (Å²) in [6, 6.07) is 0. The fourth-order valence-corrected chi connectivity index (χ4v) is 11.2. The van der Waals surface area contributed by atoms with Gasteiger partial charge in [0.1, 0.15) is 5.78 Å². The Morgan fingerprint density at radius 2 is 1.65 bits per heavy atom. The minimum absolute atomic E-state index is 0.00216. The van der Waals surface area contributed by atoms with Crippen LogP contribution in [0.1, 0.15) is 106 Å². The Morgan fingerprint density at radius 1 is 1.00 bits per heavy atom. The number of hydrogen-bond acceptors (Lipinski definition) is 3. The number of carbonyl (C=O) groups is 1. The number of aliphatic hydroxyl groups excluding tert-OH is 2. The van der Waals surface area contributed by atoms with Gasteiger partial charge < -0.3 is 10.2 Å². The predicted octanol–water partition coefficient (Wildman–Crippen LogP) is 6.56. The van der Waals surface area contributed by atoms with Crippen molar-refractivity contribution >= 4 is 5.78 Å². The molecular formula is C31H50O3. The van der Waals surface area contributed by atoms with E-state index in [1.165, 1.54) is 44.9 Å². The highest BCUT2D eigenvalue weighted by molar-refractivity contribution is 5.86. The molecule has 3 heteroatoms. The lowest BCUT2D eigenvalue weighted by atomic mass is 9.35. The molecule has 0 aliphatic heterocycles. The molecule has 192 valence electrons. The molecule has 0 heterocycles. The molecule has 0 saturated heterocycles. The van der Waals surface area contributed by atoms with Crippen molar-refractivity contribution in [2.24, 2.45) is 57.7 Å². The van der Waals surface area contributed by atoms with Gasteiger partial charge in [-0.3, -0.25) is 4.79 Å². The minimum Gasteiger partial charge on any atom is -0.389 e. The molecule has 11 unspecified atom stereocenters. The van der Waals surface area contributed by atoms with Gasteiger partial charge >= 0.3 is 0 Å². The molecule has 0 amide bonds. The molecular weight excluding hydrogens is 420 g/mol. The predicted molar refractivity (Wildman–Crippen MR) is 137 cm³/mol. The van der Waals surface area contributed by atoms with Gasteiger partial charge in [-0.25, -0.2) is 0 Å². The molecule has 34 heavy (non-hydrogen) atoms. The number of Topliss-reactive ketones (excluding diaryl/α,β-unsaturated/α-hetero) is 1. The Kier molecular flexibility index (Phi) is 6.01. The standard InChI is InChI=1S/C31H50O3/c1-17-12-13-22(21-10-8-9-11-21)23-15-29(5)16-30(6)14-18(2)24(20(4)32)28(34)31(30,7)19(3)26(29)27(33)25(17)23/h17,19-23,25-26,28,32,34H,8-16H2,1-7H3. The smallest absolute Gasteiger partial charge is 0.140 e. The van der Waals surface area contributed by atoms with Crippen LogP contribution in [0.4, 0.5) is 0 Å². The van der Waals surface area contributed by atoms with Gasteiger partial charge in [0.25, 0.3) is 0 Å². The van der Waals surface area contributed by atoms with Crippen LogP contribution >= 0.6 is 0 Å². The second-order valence-electron chi connectivity index (χ2n) is 14.5. The lowest BCUT2D eigenvalue weighted by Gasteiger charge is -2.69. The summed E-state index contributed by atoms with van der Waals surface area (Å²) in [5.41, 5.74) is 1.49. The van der Waals surface area contributed by atoms with Gasteiger partial charge in [0.05, 0.1) is 12.2 Å². The summed E-state index contributed by atoms with van der Waals surface area (Å²) in [5, 5.41) is 22.4. The van der Waals surface area contributed by atoms with Gasteiger partial charge in [-0.2, -0.15) is 0 Å². The number of fused-ring (bicyclic) bond motifs is 3. The molecule has 5 aliphatic carbocycles. The van der Waals surface area contributed by atoms with E-state index in [1.807, 2.05) is 0 Å². The van der Waals surface area contributed by atoms with Crippen LogP contribution in [0.2, 0.25) is 0 Å². The summed E-state index contributed by atoms with van der Waals surface area (Å²) in [5.74, 6) is 3.47. The first-order valence-electron chi connectivity index (χ1n) is 14.4. The molecule has 4 fully saturated rings. The quantitative estimate of drug-likeness (QED) is 0.449. The highest BCUT2D eigenvalue weighted by atomic mass is 16.3. The van der Waals surface area contributed by atoms with E-state index in [2.05, 4.69) is 41.5 Å². The summed E-state index contributed by atoms with van der Waals surface area (Å²) < 4.78 is 0. The Hall–Kier alpha value is -0.670. The zero-order valence-corrected chi connectivity index (χ0v) is 22.9. The summed E-state index contributed by atoms with van der Waals surface area (Å²) >= 11 is 0. The van der Waals surface area contributed by atoms with E-state index < -0.39 is 17.6 Å². The Morgan fingerprint density at radius 3 is 2.26 bits per heavy atom. The normalized spacial score (nSPS) is 52.7. The van der Waals surface area contributed by atoms with Gasteiger partial charge in [0, 0.05) is 17.3 Å². The van der Waals surface area contributed by atoms with E-state index >= 15 is 0 Å². The zero-order chi connectivity index (χ0) is 24.8. The summed E-state index contributed by atoms with van der Waals surface area (Å²) in [6.45, 7) is 15.6. The van der Waals surface area contributed by atoms with E-state index in [4.69, 9.17) is 0 Å². The highest BCUT2D eigenvalue weighted by Gasteiger charge is 2.69. The highest BCUT2D eigenvalue weighted by Crippen LogP contribution is 2.71. The first kappa shape index (κ1) is 25.0. The van der Waals surface area contributed by atoms with E-state index in [9.17, 15) is 15.0 Å². The van der Waals surface area contributed by atoms with Gasteiger partial charge in [-0.05, 0) is 91.9 Å². The molecule has 3 nitrogen and oxygen atoms in total. The fourth-order valence-electron chi connectivity index (χ4n) is 11.2. The summed E-state index contributed by atoms with van der Waals surface area (Å²) in [7, 11) is 0. The molecule has 5 aliphatic rings. The number of allylic oxidation sites excluding steroid dienone is 1. The number of rotatable bonds is 2. The third-order valence-electron chi connectivity index (χ3n) is 12.7. The van der Waals surface area contributed by atoms with Gasteiger partial charge in [-0.15, -0.1) is 0 Å². The van der Waals surface area contributed by atoms with Crippen molar-refractivity contribution in [1.29, 1.82) is 0 Å². The third-order valence-corrected chi connectivity index (χ3v) is 12.7. The Balaban J connectivity index is 1.57. The van der Waals surface area contributed by atoms with E-state index in [0.717, 1.165) is 35.8 Å². The second-order valence-corrected chi connectivity index (χ2v) is 14.5. The van der Waals surface area contributed by atoms with E-state index in [0.29, 0.717) is 17.6 Å². The fraction of sp³-hybridized carbons (Fsp3) is 0.903. The van der Waals surface area contributed by atoms with Gasteiger partial charge in [0.15, 0.2) is 0 Å².